The highest BCUT2D eigenvalue weighted by Crippen LogP contribution is 2.31. The van der Waals surface area contributed by atoms with Gasteiger partial charge < -0.3 is 0 Å². The molecule has 0 saturated carbocycles. The molecule has 1 aromatic heterocycles. The zero-order valence-electron chi connectivity index (χ0n) is 10.0. The van der Waals surface area contributed by atoms with Crippen molar-refractivity contribution in [1.29, 1.82) is 0 Å². The standard InChI is InChI=1S/C13H9N3OS2/c1-16-12(17)11(19-13(16)18)7-8-2-3-9-10(6-8)15-5-4-14-9/h2-7H,1H3/b11-7-. The highest BCUT2D eigenvalue weighted by atomic mass is 32.2. The Morgan fingerprint density at radius 1 is 1.26 bits per heavy atom. The van der Waals surface area contributed by atoms with Gasteiger partial charge in [0.1, 0.15) is 4.32 Å². The van der Waals surface area contributed by atoms with Crippen LogP contribution in [0.4, 0.5) is 0 Å². The van der Waals surface area contributed by atoms with E-state index >= 15 is 0 Å². The number of fused-ring (bicyclic) bond motifs is 1. The van der Waals surface area contributed by atoms with Crippen LogP contribution in [0.2, 0.25) is 0 Å². The highest BCUT2D eigenvalue weighted by molar-refractivity contribution is 8.26. The molecule has 4 nitrogen and oxygen atoms in total. The molecule has 94 valence electrons. The van der Waals surface area contributed by atoms with Crippen LogP contribution in [-0.4, -0.2) is 32.1 Å². The van der Waals surface area contributed by atoms with Crippen LogP contribution in [0.25, 0.3) is 17.1 Å². The van der Waals surface area contributed by atoms with Gasteiger partial charge in [-0.25, -0.2) is 0 Å². The average molecular weight is 287 g/mol. The van der Waals surface area contributed by atoms with E-state index in [0.29, 0.717) is 9.23 Å². The zero-order valence-corrected chi connectivity index (χ0v) is 11.7. The largest absolute Gasteiger partial charge is 0.296 e. The number of hydrogen-bond donors (Lipinski definition) is 0. The van der Waals surface area contributed by atoms with Gasteiger partial charge in [0.2, 0.25) is 0 Å². The number of hydrogen-bond acceptors (Lipinski definition) is 5. The fourth-order valence-corrected chi connectivity index (χ4v) is 2.95. The summed E-state index contributed by atoms with van der Waals surface area (Å²) in [6.45, 7) is 0. The summed E-state index contributed by atoms with van der Waals surface area (Å²) >= 11 is 6.41. The van der Waals surface area contributed by atoms with Crippen molar-refractivity contribution in [2.75, 3.05) is 7.05 Å². The molecule has 6 heteroatoms. The summed E-state index contributed by atoms with van der Waals surface area (Å²) in [4.78, 5) is 22.5. The Morgan fingerprint density at radius 3 is 2.68 bits per heavy atom. The van der Waals surface area contributed by atoms with Crippen molar-refractivity contribution in [3.63, 3.8) is 0 Å². The molecule has 1 aliphatic heterocycles. The molecule has 0 atom stereocenters. The number of rotatable bonds is 1. The van der Waals surface area contributed by atoms with E-state index in [4.69, 9.17) is 12.2 Å². The topological polar surface area (TPSA) is 46.1 Å². The van der Waals surface area contributed by atoms with Crippen LogP contribution in [0.3, 0.4) is 0 Å². The maximum Gasteiger partial charge on any atom is 0.265 e. The molecule has 1 aromatic carbocycles. The molecule has 3 rings (SSSR count). The number of thioether (sulfide) groups is 1. The number of amides is 1. The Balaban J connectivity index is 2.02. The molecule has 0 aliphatic carbocycles. The molecule has 0 unspecified atom stereocenters. The number of thiocarbonyl (C=S) groups is 1. The number of likely N-dealkylation sites (N-methyl/N-ethyl adjacent to an activating group) is 1. The Morgan fingerprint density at radius 2 is 2.00 bits per heavy atom. The fraction of sp³-hybridized carbons (Fsp3) is 0.0769. The van der Waals surface area contributed by atoms with E-state index in [1.165, 1.54) is 16.7 Å². The van der Waals surface area contributed by atoms with Gasteiger partial charge in [0.15, 0.2) is 0 Å². The van der Waals surface area contributed by atoms with Gasteiger partial charge in [0, 0.05) is 19.4 Å². The van der Waals surface area contributed by atoms with Crippen LogP contribution in [0, 0.1) is 0 Å². The van der Waals surface area contributed by atoms with Crippen LogP contribution in [0.15, 0.2) is 35.5 Å². The van der Waals surface area contributed by atoms with Crippen LogP contribution in [-0.2, 0) is 4.79 Å². The summed E-state index contributed by atoms with van der Waals surface area (Å²) in [6.07, 6.45) is 5.14. The van der Waals surface area contributed by atoms with E-state index in [1.807, 2.05) is 24.3 Å². The number of nitrogens with zero attached hydrogens (tertiary/aromatic N) is 3. The van der Waals surface area contributed by atoms with Crippen molar-refractivity contribution in [3.8, 4) is 0 Å². The molecular weight excluding hydrogens is 278 g/mol. The molecular formula is C13H9N3OS2. The Bertz CT molecular complexity index is 727. The molecule has 0 bridgehead atoms. The summed E-state index contributed by atoms with van der Waals surface area (Å²) in [5, 5.41) is 0. The highest BCUT2D eigenvalue weighted by Gasteiger charge is 2.28. The minimum atomic E-state index is -0.0609. The average Bonchev–Trinajstić information content (AvgIpc) is 2.66. The van der Waals surface area contributed by atoms with E-state index in [2.05, 4.69) is 9.97 Å². The fourth-order valence-electron chi connectivity index (χ4n) is 1.77. The number of aromatic nitrogens is 2. The van der Waals surface area contributed by atoms with Gasteiger partial charge >= 0.3 is 0 Å². The molecule has 2 aromatic rings. The molecule has 1 amide bonds. The first kappa shape index (κ1) is 12.3. The van der Waals surface area contributed by atoms with Crippen molar-refractivity contribution < 1.29 is 4.79 Å². The molecule has 0 N–H and O–H groups in total. The van der Waals surface area contributed by atoms with E-state index in [9.17, 15) is 4.79 Å². The minimum absolute atomic E-state index is 0.0609. The first-order chi connectivity index (χ1) is 9.15. The first-order valence-electron chi connectivity index (χ1n) is 5.57. The lowest BCUT2D eigenvalue weighted by Crippen LogP contribution is -2.22. The SMILES string of the molecule is CN1C(=O)/C(=C/c2ccc3nccnc3c2)SC1=S. The molecule has 1 fully saturated rings. The predicted molar refractivity (Wildman–Crippen MR) is 80.5 cm³/mol. The summed E-state index contributed by atoms with van der Waals surface area (Å²) in [5.74, 6) is -0.0609. The molecule has 1 saturated heterocycles. The van der Waals surface area contributed by atoms with Crippen molar-refractivity contribution in [3.05, 3.63) is 41.1 Å². The van der Waals surface area contributed by atoms with E-state index in [1.54, 1.807) is 19.4 Å². The first-order valence-corrected chi connectivity index (χ1v) is 6.80. The molecule has 2 heterocycles. The smallest absolute Gasteiger partial charge is 0.265 e. The lowest BCUT2D eigenvalue weighted by Gasteiger charge is -2.03. The monoisotopic (exact) mass is 287 g/mol. The third-order valence-corrected chi connectivity index (χ3v) is 4.26. The van der Waals surface area contributed by atoms with Crippen molar-refractivity contribution >= 4 is 51.3 Å². The minimum Gasteiger partial charge on any atom is -0.296 e. The Labute approximate surface area is 119 Å². The molecule has 1 aliphatic rings. The summed E-state index contributed by atoms with van der Waals surface area (Å²) in [6, 6.07) is 5.71. The van der Waals surface area contributed by atoms with Gasteiger partial charge in [-0.1, -0.05) is 30.0 Å². The van der Waals surface area contributed by atoms with Gasteiger partial charge in [-0.05, 0) is 23.8 Å². The van der Waals surface area contributed by atoms with Crippen LogP contribution in [0.5, 0.6) is 0 Å². The van der Waals surface area contributed by atoms with Crippen LogP contribution < -0.4 is 0 Å². The number of carbonyl (C=O) groups excluding carboxylic acids is 1. The summed E-state index contributed by atoms with van der Waals surface area (Å²) in [7, 11) is 1.68. The zero-order chi connectivity index (χ0) is 13.4. The van der Waals surface area contributed by atoms with Gasteiger partial charge in [-0.3, -0.25) is 19.7 Å². The van der Waals surface area contributed by atoms with Gasteiger partial charge in [-0.2, -0.15) is 0 Å². The van der Waals surface area contributed by atoms with Crippen molar-refractivity contribution in [1.82, 2.24) is 14.9 Å². The second-order valence-electron chi connectivity index (χ2n) is 4.05. The number of carbonyl (C=O) groups is 1. The lowest BCUT2D eigenvalue weighted by molar-refractivity contribution is -0.121. The second kappa shape index (κ2) is 4.71. The van der Waals surface area contributed by atoms with Gasteiger partial charge in [-0.15, -0.1) is 0 Å². The predicted octanol–water partition coefficient (Wildman–Crippen LogP) is 2.46. The van der Waals surface area contributed by atoms with Crippen molar-refractivity contribution in [2.45, 2.75) is 0 Å². The lowest BCUT2D eigenvalue weighted by atomic mass is 10.2. The summed E-state index contributed by atoms with van der Waals surface area (Å²) < 4.78 is 0.580. The molecule has 0 radical (unpaired) electrons. The van der Waals surface area contributed by atoms with Gasteiger partial charge in [0.25, 0.3) is 5.91 Å². The summed E-state index contributed by atoms with van der Waals surface area (Å²) in [5.41, 5.74) is 2.56. The molecule has 19 heavy (non-hydrogen) atoms. The van der Waals surface area contributed by atoms with E-state index in [0.717, 1.165) is 16.6 Å². The van der Waals surface area contributed by atoms with Gasteiger partial charge in [0.05, 0.1) is 15.9 Å². The van der Waals surface area contributed by atoms with E-state index < -0.39 is 0 Å². The van der Waals surface area contributed by atoms with Crippen LogP contribution in [0.1, 0.15) is 5.56 Å². The van der Waals surface area contributed by atoms with Crippen molar-refractivity contribution in [2.24, 2.45) is 0 Å². The Kier molecular flexibility index (Phi) is 3.04. The molecule has 0 spiro atoms. The normalized spacial score (nSPS) is 17.7. The maximum absolute atomic E-state index is 11.9. The van der Waals surface area contributed by atoms with Crippen LogP contribution >= 0.6 is 24.0 Å². The maximum atomic E-state index is 11.9. The second-order valence-corrected chi connectivity index (χ2v) is 5.72. The number of benzene rings is 1. The third kappa shape index (κ3) is 2.24. The Hall–Kier alpha value is -1.79. The van der Waals surface area contributed by atoms with E-state index in [-0.39, 0.29) is 5.91 Å². The third-order valence-electron chi connectivity index (χ3n) is 2.78. The quantitative estimate of drug-likeness (QED) is 0.595.